The summed E-state index contributed by atoms with van der Waals surface area (Å²) < 4.78 is 0. The summed E-state index contributed by atoms with van der Waals surface area (Å²) in [6, 6.07) is 6.90. The number of fused-ring (bicyclic) bond motifs is 2. The summed E-state index contributed by atoms with van der Waals surface area (Å²) in [5.41, 5.74) is 6.35. The van der Waals surface area contributed by atoms with E-state index in [1.165, 1.54) is 67.3 Å². The molecule has 0 unspecified atom stereocenters. The molecule has 110 valence electrons. The Balaban J connectivity index is 1.44. The Morgan fingerprint density at radius 2 is 1.68 bits per heavy atom. The van der Waals surface area contributed by atoms with Gasteiger partial charge in [-0.25, -0.2) is 9.98 Å². The average Bonchev–Trinajstić information content (AvgIpc) is 3.40. The molecule has 0 aromatic heterocycles. The minimum atomic E-state index is 0.354. The zero-order valence-corrected chi connectivity index (χ0v) is 12.7. The number of benzene rings is 1. The molecule has 2 bridgehead atoms. The maximum absolute atomic E-state index is 4.98. The van der Waals surface area contributed by atoms with Gasteiger partial charge in [-0.05, 0) is 68.2 Å². The van der Waals surface area contributed by atoms with Crippen LogP contribution in [0.5, 0.6) is 0 Å². The van der Waals surface area contributed by atoms with E-state index in [0.29, 0.717) is 10.8 Å². The minimum absolute atomic E-state index is 0.354. The fourth-order valence-electron chi connectivity index (χ4n) is 3.96. The van der Waals surface area contributed by atoms with Gasteiger partial charge < -0.3 is 0 Å². The first-order chi connectivity index (χ1) is 10.7. The third-order valence-electron chi connectivity index (χ3n) is 6.17. The van der Waals surface area contributed by atoms with Crippen molar-refractivity contribution in [2.75, 3.05) is 6.54 Å². The van der Waals surface area contributed by atoms with Gasteiger partial charge in [-0.2, -0.15) is 0 Å². The molecule has 22 heavy (non-hydrogen) atoms. The van der Waals surface area contributed by atoms with Crippen molar-refractivity contribution in [1.82, 2.24) is 0 Å². The molecule has 0 radical (unpaired) electrons. The maximum atomic E-state index is 4.98. The van der Waals surface area contributed by atoms with Crippen LogP contribution in [0.15, 0.2) is 33.2 Å². The van der Waals surface area contributed by atoms with Gasteiger partial charge in [-0.3, -0.25) is 4.99 Å². The van der Waals surface area contributed by atoms with Crippen LogP contribution in [0.25, 0.3) is 0 Å². The van der Waals surface area contributed by atoms with Gasteiger partial charge in [0.05, 0.1) is 6.54 Å². The molecule has 1 heterocycles. The van der Waals surface area contributed by atoms with Crippen LogP contribution in [0.3, 0.4) is 0 Å². The molecule has 4 aliphatic carbocycles. The van der Waals surface area contributed by atoms with Crippen molar-refractivity contribution in [3.05, 3.63) is 34.9 Å². The van der Waals surface area contributed by atoms with E-state index in [4.69, 9.17) is 9.98 Å². The molecule has 3 fully saturated rings. The van der Waals surface area contributed by atoms with Crippen LogP contribution >= 0.6 is 0 Å². The molecule has 0 N–H and O–H groups in total. The van der Waals surface area contributed by atoms with Gasteiger partial charge in [0.25, 0.3) is 0 Å². The number of rotatable bonds is 1. The molecule has 1 aromatic carbocycles. The van der Waals surface area contributed by atoms with Crippen LogP contribution in [0.2, 0.25) is 0 Å². The largest absolute Gasteiger partial charge is 0.269 e. The average molecular weight is 289 g/mol. The molecule has 0 amide bonds. The Bertz CT molecular complexity index is 782. The Kier molecular flexibility index (Phi) is 1.91. The van der Waals surface area contributed by atoms with E-state index in [2.05, 4.69) is 23.2 Å². The van der Waals surface area contributed by atoms with E-state index in [-0.39, 0.29) is 0 Å². The minimum Gasteiger partial charge on any atom is -0.269 e. The van der Waals surface area contributed by atoms with E-state index >= 15 is 0 Å². The van der Waals surface area contributed by atoms with Crippen molar-refractivity contribution >= 4 is 17.4 Å². The van der Waals surface area contributed by atoms with E-state index in [1.807, 2.05) is 0 Å². The standard InChI is InChI=1S/C19H19N3/c1-2-13-7-12(1)8-14(9-13)16(21-15-10-18(15)3-4-18)22-17-19(5-6-19)11-20-17/h7-9H,1-6,10-11H2. The van der Waals surface area contributed by atoms with Gasteiger partial charge >= 0.3 is 0 Å². The first-order valence-corrected chi connectivity index (χ1v) is 8.60. The molecule has 3 saturated carbocycles. The molecule has 3 nitrogen and oxygen atoms in total. The SMILES string of the molecule is c1c2cc(C(=NC3=NCC34CC4)N=C3CC34CC4)cc1CC2. The van der Waals surface area contributed by atoms with Crippen molar-refractivity contribution in [2.45, 2.75) is 44.9 Å². The molecule has 0 atom stereocenters. The molecular formula is C19H19N3. The second-order valence-corrected chi connectivity index (χ2v) is 7.91. The molecule has 2 spiro atoms. The third-order valence-corrected chi connectivity index (χ3v) is 6.17. The van der Waals surface area contributed by atoms with Crippen LogP contribution in [0.1, 0.15) is 48.8 Å². The lowest BCUT2D eigenvalue weighted by atomic mass is 10.0. The predicted octanol–water partition coefficient (Wildman–Crippen LogP) is 3.35. The van der Waals surface area contributed by atoms with E-state index < -0.39 is 0 Å². The highest BCUT2D eigenvalue weighted by Gasteiger charge is 2.60. The second-order valence-electron chi connectivity index (χ2n) is 7.91. The number of aliphatic imine (C=N–C) groups is 3. The Morgan fingerprint density at radius 3 is 2.23 bits per heavy atom. The Morgan fingerprint density at radius 1 is 0.955 bits per heavy atom. The predicted molar refractivity (Wildman–Crippen MR) is 88.1 cm³/mol. The van der Waals surface area contributed by atoms with Crippen molar-refractivity contribution in [3.63, 3.8) is 0 Å². The highest BCUT2D eigenvalue weighted by molar-refractivity contribution is 6.19. The lowest BCUT2D eigenvalue weighted by Gasteiger charge is -2.21. The summed E-state index contributed by atoms with van der Waals surface area (Å²) in [6.07, 6.45) is 8.78. The van der Waals surface area contributed by atoms with Crippen molar-refractivity contribution in [1.29, 1.82) is 0 Å². The third kappa shape index (κ3) is 1.60. The highest BCUT2D eigenvalue weighted by atomic mass is 15.1. The van der Waals surface area contributed by atoms with Gasteiger partial charge in [0, 0.05) is 22.1 Å². The summed E-state index contributed by atoms with van der Waals surface area (Å²) in [4.78, 5) is 14.5. The first-order valence-electron chi connectivity index (χ1n) is 8.60. The molecule has 1 aliphatic heterocycles. The molecule has 5 aliphatic rings. The molecular weight excluding hydrogens is 270 g/mol. The fourth-order valence-corrected chi connectivity index (χ4v) is 3.96. The van der Waals surface area contributed by atoms with Crippen molar-refractivity contribution < 1.29 is 0 Å². The molecule has 0 saturated heterocycles. The van der Waals surface area contributed by atoms with Crippen LogP contribution in [-0.4, -0.2) is 23.9 Å². The fraction of sp³-hybridized carbons (Fsp3) is 0.526. The summed E-state index contributed by atoms with van der Waals surface area (Å²) in [5.74, 6) is 2.01. The van der Waals surface area contributed by atoms with E-state index in [0.717, 1.165) is 18.2 Å². The summed E-state index contributed by atoms with van der Waals surface area (Å²) in [6.45, 7) is 0.991. The number of aryl methyl sites for hydroxylation is 2. The van der Waals surface area contributed by atoms with Crippen LogP contribution in [-0.2, 0) is 12.8 Å². The first kappa shape index (κ1) is 11.8. The summed E-state index contributed by atoms with van der Waals surface area (Å²) in [5, 5.41) is 0. The maximum Gasteiger partial charge on any atom is 0.161 e. The normalized spacial score (nSPS) is 29.7. The van der Waals surface area contributed by atoms with Crippen LogP contribution in [0, 0.1) is 10.8 Å². The van der Waals surface area contributed by atoms with Gasteiger partial charge in [-0.1, -0.05) is 6.07 Å². The van der Waals surface area contributed by atoms with Gasteiger partial charge in [0.1, 0.15) is 5.84 Å². The van der Waals surface area contributed by atoms with Crippen LogP contribution < -0.4 is 0 Å². The monoisotopic (exact) mass is 289 g/mol. The van der Waals surface area contributed by atoms with Gasteiger partial charge in [-0.15, -0.1) is 0 Å². The number of hydrogen-bond acceptors (Lipinski definition) is 2. The summed E-state index contributed by atoms with van der Waals surface area (Å²) >= 11 is 0. The molecule has 6 rings (SSSR count). The second kappa shape index (κ2) is 3.58. The summed E-state index contributed by atoms with van der Waals surface area (Å²) in [7, 11) is 0. The number of hydrogen-bond donors (Lipinski definition) is 0. The van der Waals surface area contributed by atoms with Gasteiger partial charge in [0.2, 0.25) is 0 Å². The van der Waals surface area contributed by atoms with E-state index in [9.17, 15) is 0 Å². The van der Waals surface area contributed by atoms with Crippen LogP contribution in [0.4, 0.5) is 0 Å². The smallest absolute Gasteiger partial charge is 0.161 e. The number of amidine groups is 2. The lowest BCUT2D eigenvalue weighted by Crippen LogP contribution is -2.28. The Hall–Kier alpha value is -1.77. The van der Waals surface area contributed by atoms with E-state index in [1.54, 1.807) is 0 Å². The topological polar surface area (TPSA) is 37.1 Å². The lowest BCUT2D eigenvalue weighted by molar-refractivity contribution is 0.634. The zero-order valence-electron chi connectivity index (χ0n) is 12.7. The molecule has 1 aromatic rings. The highest BCUT2D eigenvalue weighted by Crippen LogP contribution is 2.63. The number of nitrogens with zero attached hydrogens (tertiary/aromatic N) is 3. The molecule has 3 heteroatoms. The van der Waals surface area contributed by atoms with Gasteiger partial charge in [0.15, 0.2) is 5.84 Å². The van der Waals surface area contributed by atoms with Crippen molar-refractivity contribution in [2.24, 2.45) is 25.8 Å². The van der Waals surface area contributed by atoms with Crippen molar-refractivity contribution in [3.8, 4) is 0 Å². The quantitative estimate of drug-likeness (QED) is 0.562. The zero-order chi connectivity index (χ0) is 14.4. The Labute approximate surface area is 130 Å².